The van der Waals surface area contributed by atoms with E-state index in [1.165, 1.54) is 13.8 Å². The number of esters is 6. The van der Waals surface area contributed by atoms with Gasteiger partial charge in [-0.1, -0.05) is 53.0 Å². The van der Waals surface area contributed by atoms with E-state index in [-0.39, 0.29) is 74.2 Å². The number of allylic oxidation sites excluding steroid dienone is 2. The summed E-state index contributed by atoms with van der Waals surface area (Å²) < 4.78 is 31.6. The van der Waals surface area contributed by atoms with Gasteiger partial charge in [0.15, 0.2) is 0 Å². The Bertz CT molecular complexity index is 1660. The summed E-state index contributed by atoms with van der Waals surface area (Å²) in [6, 6.07) is 0. The van der Waals surface area contributed by atoms with Crippen molar-refractivity contribution in [1.82, 2.24) is 0 Å². The van der Waals surface area contributed by atoms with Crippen LogP contribution in [0, 0.1) is 23.7 Å². The fourth-order valence-electron chi connectivity index (χ4n) is 6.57. The van der Waals surface area contributed by atoms with Gasteiger partial charge in [-0.3, -0.25) is 19.2 Å². The van der Waals surface area contributed by atoms with Crippen molar-refractivity contribution in [3.05, 3.63) is 70.9 Å². The van der Waals surface area contributed by atoms with Crippen LogP contribution in [-0.4, -0.2) is 96.9 Å². The highest BCUT2D eigenvalue weighted by atomic mass is 16.6. The van der Waals surface area contributed by atoms with Crippen LogP contribution in [-0.2, 0) is 57.2 Å². The van der Waals surface area contributed by atoms with Crippen molar-refractivity contribution < 1.29 is 67.4 Å². The third-order valence-electron chi connectivity index (χ3n) is 10.1. The molecule has 2 saturated heterocycles. The van der Waals surface area contributed by atoms with Gasteiger partial charge in [-0.15, -0.1) is 0 Å². The number of hydrogen-bond donors (Lipinski definition) is 2. The molecule has 2 fully saturated rings. The zero-order valence-electron chi connectivity index (χ0n) is 33.9. The summed E-state index contributed by atoms with van der Waals surface area (Å²) >= 11 is 0. The maximum absolute atomic E-state index is 12.0. The molecule has 2 aliphatic heterocycles. The topological polar surface area (TPSA) is 198 Å². The van der Waals surface area contributed by atoms with Gasteiger partial charge in [-0.25, -0.2) is 9.59 Å². The fraction of sp³-hybridized carbons (Fsp3) is 0.581. The van der Waals surface area contributed by atoms with Crippen LogP contribution < -0.4 is 0 Å². The minimum Gasteiger partial charge on any atom is -0.461 e. The number of carbonyl (C=O) groups is 6. The number of ether oxygens (including phenoxy) is 6. The predicted octanol–water partition coefficient (Wildman–Crippen LogP) is 4.88. The van der Waals surface area contributed by atoms with Gasteiger partial charge in [-0.2, -0.15) is 0 Å². The van der Waals surface area contributed by atoms with Crippen LogP contribution in [0.4, 0.5) is 0 Å². The Morgan fingerprint density at radius 2 is 1.07 bits per heavy atom. The monoisotopic (exact) mass is 798 g/mol. The fourth-order valence-corrected chi connectivity index (χ4v) is 6.57. The largest absolute Gasteiger partial charge is 0.461 e. The van der Waals surface area contributed by atoms with E-state index < -0.39 is 60.1 Å². The number of hydrogen-bond acceptors (Lipinski definition) is 14. The first-order valence-electron chi connectivity index (χ1n) is 19.4. The lowest BCUT2D eigenvalue weighted by Crippen LogP contribution is -2.30. The molecule has 2 N–H and O–H groups in total. The Kier molecular flexibility index (Phi) is 18.1. The van der Waals surface area contributed by atoms with Crippen molar-refractivity contribution in [1.29, 1.82) is 0 Å². The zero-order chi connectivity index (χ0) is 42.4. The van der Waals surface area contributed by atoms with Crippen LogP contribution in [0.3, 0.4) is 0 Å². The Balaban J connectivity index is 0.000000306. The molecule has 0 radical (unpaired) electrons. The van der Waals surface area contributed by atoms with Gasteiger partial charge in [0, 0.05) is 25.0 Å². The smallest absolute Gasteiger partial charge is 0.334 e. The van der Waals surface area contributed by atoms with Gasteiger partial charge in [0.25, 0.3) is 0 Å². The number of aliphatic hydroxyl groups is 2. The van der Waals surface area contributed by atoms with Gasteiger partial charge in [0.1, 0.15) is 38.6 Å². The normalized spacial score (nSPS) is 29.3. The Morgan fingerprint density at radius 1 is 0.684 bits per heavy atom. The Hall–Kier alpha value is -4.82. The molecule has 4 aliphatic rings. The molecule has 4 rings (SSSR count). The van der Waals surface area contributed by atoms with E-state index >= 15 is 0 Å². The molecule has 0 bridgehead atoms. The summed E-state index contributed by atoms with van der Waals surface area (Å²) in [7, 11) is 0. The molecule has 314 valence electrons. The second-order valence-corrected chi connectivity index (χ2v) is 15.1. The van der Waals surface area contributed by atoms with Crippen molar-refractivity contribution in [3.63, 3.8) is 0 Å². The zero-order valence-corrected chi connectivity index (χ0v) is 33.9. The summed E-state index contributed by atoms with van der Waals surface area (Å²) in [6.45, 7) is 17.8. The van der Waals surface area contributed by atoms with E-state index in [1.807, 2.05) is 19.1 Å². The summed E-state index contributed by atoms with van der Waals surface area (Å²) in [4.78, 5) is 70.1. The van der Waals surface area contributed by atoms with Gasteiger partial charge < -0.3 is 38.6 Å². The number of aliphatic hydroxyl groups excluding tert-OH is 2. The molecule has 14 heteroatoms. The van der Waals surface area contributed by atoms with Crippen LogP contribution in [0.1, 0.15) is 86.5 Å². The van der Waals surface area contributed by atoms with E-state index in [9.17, 15) is 39.0 Å². The van der Waals surface area contributed by atoms with E-state index in [1.54, 1.807) is 32.9 Å². The molecule has 7 atom stereocenters. The van der Waals surface area contributed by atoms with E-state index in [0.29, 0.717) is 32.1 Å². The average molecular weight is 799 g/mol. The molecule has 14 nitrogen and oxygen atoms in total. The van der Waals surface area contributed by atoms with E-state index in [0.717, 1.165) is 22.3 Å². The van der Waals surface area contributed by atoms with Gasteiger partial charge >= 0.3 is 35.8 Å². The molecule has 7 unspecified atom stereocenters. The lowest BCUT2D eigenvalue weighted by Gasteiger charge is -2.24. The molecule has 0 aromatic carbocycles. The van der Waals surface area contributed by atoms with Crippen LogP contribution in [0.25, 0.3) is 0 Å². The highest BCUT2D eigenvalue weighted by molar-refractivity contribution is 5.91. The highest BCUT2D eigenvalue weighted by Crippen LogP contribution is 2.36. The maximum Gasteiger partial charge on any atom is 0.334 e. The molecule has 57 heavy (non-hydrogen) atoms. The minimum atomic E-state index is -0.920. The van der Waals surface area contributed by atoms with Crippen molar-refractivity contribution in [2.75, 3.05) is 26.4 Å². The number of carbonyl (C=O) groups excluding carboxylic acids is 6. The van der Waals surface area contributed by atoms with Gasteiger partial charge in [-0.05, 0) is 79.4 Å². The molecule has 0 amide bonds. The first-order chi connectivity index (χ1) is 26.9. The lowest BCUT2D eigenvalue weighted by molar-refractivity contribution is -0.147. The van der Waals surface area contributed by atoms with Crippen molar-refractivity contribution >= 4 is 35.8 Å². The third kappa shape index (κ3) is 14.3. The van der Waals surface area contributed by atoms with Crippen molar-refractivity contribution in [3.8, 4) is 0 Å². The van der Waals surface area contributed by atoms with Gasteiger partial charge in [0.2, 0.25) is 0 Å². The minimum absolute atomic E-state index is 0.0791. The standard InChI is InChI=1S/C22H30O7.C21H28O7/c1-5-13(2)21(25)28-12-16-7-6-8-17(11-27-15(4)23)10-19-20(18(24)9-16)14(3)22(26)29-19;1-12(2)20(24)27-11-15-6-5-7-16(10-26-14(4)22)9-18-19(17(23)8-15)13(3)21(25)28-18/h7,10,13,18-20,24H,3,5-6,8-9,11-12H2,1-2,4H3;6,9,12,17-19,23H,3,5,7-8,10-11H2,1-2,4H3/b16-7-,17-10-;15-6-,16-9-. The Labute approximate surface area is 334 Å². The lowest BCUT2D eigenvalue weighted by atomic mass is 9.85. The summed E-state index contributed by atoms with van der Waals surface area (Å²) in [5.41, 5.74) is 3.53. The quantitative estimate of drug-likeness (QED) is 0.124. The molecular formula is C43H58O14. The molecule has 0 aromatic heterocycles. The molecule has 0 saturated carbocycles. The predicted molar refractivity (Wildman–Crippen MR) is 207 cm³/mol. The van der Waals surface area contributed by atoms with Gasteiger partial charge in [0.05, 0.1) is 35.9 Å². The van der Waals surface area contributed by atoms with Crippen LogP contribution in [0.2, 0.25) is 0 Å². The Morgan fingerprint density at radius 3 is 1.44 bits per heavy atom. The summed E-state index contributed by atoms with van der Waals surface area (Å²) in [5.74, 6) is -4.15. The third-order valence-corrected chi connectivity index (χ3v) is 10.1. The summed E-state index contributed by atoms with van der Waals surface area (Å²) in [6.07, 6.45) is 7.72. The molecule has 2 heterocycles. The van der Waals surface area contributed by atoms with Crippen LogP contribution in [0.5, 0.6) is 0 Å². The van der Waals surface area contributed by atoms with E-state index in [2.05, 4.69) is 13.2 Å². The van der Waals surface area contributed by atoms with Crippen molar-refractivity contribution in [2.45, 2.75) is 111 Å². The second kappa shape index (κ2) is 22.2. The SMILES string of the molecule is C=C1C(=O)OC2/C=C(\COC(C)=O)CC/C=C(\COC(=O)C(C)C)CC(O)C12.C=C1C(=O)OC2/C=C(\COC(C)=O)CC/C=C(\COC(=O)C(C)CC)CC(O)C12. The highest BCUT2D eigenvalue weighted by Gasteiger charge is 2.43. The first-order valence-corrected chi connectivity index (χ1v) is 19.4. The van der Waals surface area contributed by atoms with Crippen LogP contribution in [0.15, 0.2) is 70.9 Å². The average Bonchev–Trinajstić information content (AvgIpc) is 3.60. The second-order valence-electron chi connectivity index (χ2n) is 15.1. The summed E-state index contributed by atoms with van der Waals surface area (Å²) in [5, 5.41) is 21.5. The first kappa shape index (κ1) is 46.6. The molecule has 0 spiro atoms. The van der Waals surface area contributed by atoms with Crippen LogP contribution >= 0.6 is 0 Å². The number of rotatable bonds is 11. The molecule has 0 aromatic rings. The number of fused-ring (bicyclic) bond motifs is 2. The maximum atomic E-state index is 12.0. The van der Waals surface area contributed by atoms with Crippen molar-refractivity contribution in [2.24, 2.45) is 23.7 Å². The molecule has 2 aliphatic carbocycles. The van der Waals surface area contributed by atoms with E-state index in [4.69, 9.17) is 28.4 Å². The molecular weight excluding hydrogens is 740 g/mol.